The topological polar surface area (TPSA) is 26.0 Å². The molecule has 2 heteroatoms. The molecule has 2 N–H and O–H groups in total. The fourth-order valence-electron chi connectivity index (χ4n) is 1.99. The van der Waals surface area contributed by atoms with Crippen LogP contribution < -0.4 is 5.73 Å². The molecule has 0 bridgehead atoms. The van der Waals surface area contributed by atoms with Crippen molar-refractivity contribution in [2.45, 2.75) is 57.2 Å². The van der Waals surface area contributed by atoms with Gasteiger partial charge in [-0.2, -0.15) is 11.8 Å². The summed E-state index contributed by atoms with van der Waals surface area (Å²) in [6, 6.07) is 0.422. The molecule has 0 aromatic heterocycles. The van der Waals surface area contributed by atoms with Crippen molar-refractivity contribution in [3.63, 3.8) is 0 Å². The fourth-order valence-corrected chi connectivity index (χ4v) is 3.31. The van der Waals surface area contributed by atoms with Gasteiger partial charge in [0.25, 0.3) is 0 Å². The average Bonchev–Trinajstić information content (AvgIpc) is 2.51. The summed E-state index contributed by atoms with van der Waals surface area (Å²) >= 11 is 2.11. The molecule has 0 spiro atoms. The van der Waals surface area contributed by atoms with Gasteiger partial charge < -0.3 is 5.73 Å². The Labute approximate surface area is 86.8 Å². The number of hydrogen-bond acceptors (Lipinski definition) is 2. The second-order valence-corrected chi connectivity index (χ2v) is 5.96. The van der Waals surface area contributed by atoms with Crippen molar-refractivity contribution in [3.8, 4) is 0 Å². The molecule has 0 saturated heterocycles. The Hall–Kier alpha value is 0.310. The predicted molar refractivity (Wildman–Crippen MR) is 62.1 cm³/mol. The highest BCUT2D eigenvalue weighted by Gasteiger charge is 2.16. The van der Waals surface area contributed by atoms with Crippen molar-refractivity contribution in [2.75, 3.05) is 5.75 Å². The van der Waals surface area contributed by atoms with Gasteiger partial charge in [-0.25, -0.2) is 0 Å². The van der Waals surface area contributed by atoms with Crippen LogP contribution in [0.2, 0.25) is 0 Å². The summed E-state index contributed by atoms with van der Waals surface area (Å²) in [4.78, 5) is 0. The predicted octanol–water partition coefficient (Wildman–Crippen LogP) is 3.04. The summed E-state index contributed by atoms with van der Waals surface area (Å²) in [5, 5.41) is 0.929. The molecule has 0 aromatic carbocycles. The first-order chi connectivity index (χ1) is 6.18. The van der Waals surface area contributed by atoms with Crippen LogP contribution in [0.3, 0.4) is 0 Å². The zero-order valence-electron chi connectivity index (χ0n) is 8.96. The van der Waals surface area contributed by atoms with Crippen molar-refractivity contribution in [2.24, 2.45) is 11.7 Å². The molecule has 1 aliphatic rings. The molecule has 1 fully saturated rings. The monoisotopic (exact) mass is 201 g/mol. The standard InChI is InChI=1S/C11H23NS/c1-9(2)7-10(12)8-13-11-5-3-4-6-11/h9-11H,3-8,12H2,1-2H3. The largest absolute Gasteiger partial charge is 0.327 e. The third-order valence-corrected chi connectivity index (χ3v) is 4.19. The van der Waals surface area contributed by atoms with Crippen LogP contribution >= 0.6 is 11.8 Å². The molecule has 0 aromatic rings. The summed E-state index contributed by atoms with van der Waals surface area (Å²) < 4.78 is 0. The van der Waals surface area contributed by atoms with Crippen molar-refractivity contribution < 1.29 is 0 Å². The summed E-state index contributed by atoms with van der Waals surface area (Å²) in [7, 11) is 0. The second-order valence-electron chi connectivity index (χ2n) is 4.63. The van der Waals surface area contributed by atoms with Crippen LogP contribution in [0, 0.1) is 5.92 Å². The normalized spacial score (nSPS) is 21.2. The van der Waals surface area contributed by atoms with Crippen LogP contribution in [0.25, 0.3) is 0 Å². The highest BCUT2D eigenvalue weighted by atomic mass is 32.2. The summed E-state index contributed by atoms with van der Waals surface area (Å²) in [6.45, 7) is 4.50. The minimum absolute atomic E-state index is 0.422. The Morgan fingerprint density at radius 2 is 1.92 bits per heavy atom. The molecular weight excluding hydrogens is 178 g/mol. The van der Waals surface area contributed by atoms with Crippen molar-refractivity contribution in [1.29, 1.82) is 0 Å². The number of rotatable bonds is 5. The van der Waals surface area contributed by atoms with Gasteiger partial charge in [0.05, 0.1) is 0 Å². The van der Waals surface area contributed by atoms with Crippen LogP contribution in [-0.2, 0) is 0 Å². The molecular formula is C11H23NS. The highest BCUT2D eigenvalue weighted by Crippen LogP contribution is 2.29. The molecule has 13 heavy (non-hydrogen) atoms. The average molecular weight is 201 g/mol. The van der Waals surface area contributed by atoms with Crippen molar-refractivity contribution >= 4 is 11.8 Å². The maximum atomic E-state index is 6.03. The van der Waals surface area contributed by atoms with Gasteiger partial charge in [0.1, 0.15) is 0 Å². The lowest BCUT2D eigenvalue weighted by Crippen LogP contribution is -2.25. The van der Waals surface area contributed by atoms with E-state index in [2.05, 4.69) is 25.6 Å². The Kier molecular flexibility index (Phi) is 5.18. The SMILES string of the molecule is CC(C)CC(N)CSC1CCCC1. The van der Waals surface area contributed by atoms with E-state index in [0.717, 1.165) is 11.2 Å². The van der Waals surface area contributed by atoms with Gasteiger partial charge in [-0.05, 0) is 25.2 Å². The number of hydrogen-bond donors (Lipinski definition) is 1. The van der Waals surface area contributed by atoms with Crippen molar-refractivity contribution in [3.05, 3.63) is 0 Å². The molecule has 1 unspecified atom stereocenters. The van der Waals surface area contributed by atoms with Crippen LogP contribution in [0.4, 0.5) is 0 Å². The van der Waals surface area contributed by atoms with E-state index >= 15 is 0 Å². The van der Waals surface area contributed by atoms with E-state index < -0.39 is 0 Å². The Bertz CT molecular complexity index is 130. The van der Waals surface area contributed by atoms with Gasteiger partial charge in [-0.1, -0.05) is 26.7 Å². The van der Waals surface area contributed by atoms with E-state index in [1.54, 1.807) is 0 Å². The molecule has 0 amide bonds. The third kappa shape index (κ3) is 4.92. The molecule has 1 rings (SSSR count). The van der Waals surface area contributed by atoms with Gasteiger partial charge in [0, 0.05) is 17.0 Å². The lowest BCUT2D eigenvalue weighted by atomic mass is 10.1. The minimum atomic E-state index is 0.422. The zero-order valence-corrected chi connectivity index (χ0v) is 9.78. The van der Waals surface area contributed by atoms with Gasteiger partial charge in [0.15, 0.2) is 0 Å². The van der Waals surface area contributed by atoms with Gasteiger partial charge in [0.2, 0.25) is 0 Å². The van der Waals surface area contributed by atoms with E-state index in [0.29, 0.717) is 6.04 Å². The van der Waals surface area contributed by atoms with E-state index in [1.165, 1.54) is 37.9 Å². The molecule has 0 radical (unpaired) electrons. The lowest BCUT2D eigenvalue weighted by Gasteiger charge is -2.16. The molecule has 1 saturated carbocycles. The Balaban J connectivity index is 2.03. The van der Waals surface area contributed by atoms with E-state index in [-0.39, 0.29) is 0 Å². The summed E-state index contributed by atoms with van der Waals surface area (Å²) in [5.41, 5.74) is 6.03. The van der Waals surface area contributed by atoms with E-state index in [9.17, 15) is 0 Å². The number of nitrogens with two attached hydrogens (primary N) is 1. The van der Waals surface area contributed by atoms with Gasteiger partial charge >= 0.3 is 0 Å². The minimum Gasteiger partial charge on any atom is -0.327 e. The first-order valence-corrected chi connectivity index (χ1v) is 6.60. The Morgan fingerprint density at radius 3 is 2.46 bits per heavy atom. The molecule has 1 aliphatic carbocycles. The molecule has 0 heterocycles. The molecule has 78 valence electrons. The van der Waals surface area contributed by atoms with Crippen molar-refractivity contribution in [1.82, 2.24) is 0 Å². The maximum Gasteiger partial charge on any atom is 0.0132 e. The quantitative estimate of drug-likeness (QED) is 0.740. The molecule has 1 atom stereocenters. The molecule has 0 aliphatic heterocycles. The lowest BCUT2D eigenvalue weighted by molar-refractivity contribution is 0.524. The smallest absolute Gasteiger partial charge is 0.0132 e. The fraction of sp³-hybridized carbons (Fsp3) is 1.00. The summed E-state index contributed by atoms with van der Waals surface area (Å²) in [5.74, 6) is 1.92. The zero-order chi connectivity index (χ0) is 9.68. The maximum absolute atomic E-state index is 6.03. The third-order valence-electron chi connectivity index (χ3n) is 2.62. The first kappa shape index (κ1) is 11.4. The summed E-state index contributed by atoms with van der Waals surface area (Å²) in [6.07, 6.45) is 6.92. The van der Waals surface area contributed by atoms with Crippen LogP contribution in [0.15, 0.2) is 0 Å². The van der Waals surface area contributed by atoms with E-state index in [4.69, 9.17) is 5.73 Å². The van der Waals surface area contributed by atoms with Crippen LogP contribution in [-0.4, -0.2) is 17.0 Å². The van der Waals surface area contributed by atoms with Gasteiger partial charge in [-0.3, -0.25) is 0 Å². The highest BCUT2D eigenvalue weighted by molar-refractivity contribution is 7.99. The van der Waals surface area contributed by atoms with Crippen LogP contribution in [0.5, 0.6) is 0 Å². The first-order valence-electron chi connectivity index (χ1n) is 5.55. The second kappa shape index (κ2) is 5.92. The van der Waals surface area contributed by atoms with Crippen LogP contribution in [0.1, 0.15) is 46.0 Å². The number of thioether (sulfide) groups is 1. The van der Waals surface area contributed by atoms with Gasteiger partial charge in [-0.15, -0.1) is 0 Å². The molecule has 1 nitrogen and oxygen atoms in total. The van der Waals surface area contributed by atoms with E-state index in [1.807, 2.05) is 0 Å². The Morgan fingerprint density at radius 1 is 1.31 bits per heavy atom.